The van der Waals surface area contributed by atoms with Gasteiger partial charge < -0.3 is 9.30 Å². The maximum absolute atomic E-state index is 13.0. The molecule has 2 heterocycles. The van der Waals surface area contributed by atoms with E-state index in [4.69, 9.17) is 17.0 Å². The molecule has 0 amide bonds. The topological polar surface area (TPSA) is 44.1 Å². The minimum Gasteiger partial charge on any atom is -0.434 e. The number of benzene rings is 2. The van der Waals surface area contributed by atoms with Crippen LogP contribution in [0.2, 0.25) is 0 Å². The predicted octanol–water partition coefficient (Wildman–Crippen LogP) is 4.86. The van der Waals surface area contributed by atoms with Gasteiger partial charge in [0.05, 0.1) is 21.9 Å². The third-order valence-corrected chi connectivity index (χ3v) is 5.13. The van der Waals surface area contributed by atoms with Gasteiger partial charge in [0.15, 0.2) is 5.78 Å². The zero-order chi connectivity index (χ0) is 19.3. The molecular formula is C20H16F2N2O2S. The van der Waals surface area contributed by atoms with Crippen molar-refractivity contribution >= 4 is 33.9 Å². The number of Topliss-reactive ketones (excluding diaryl/α,β-unsaturated/α-hetero) is 1. The van der Waals surface area contributed by atoms with Crippen molar-refractivity contribution in [1.82, 2.24) is 9.55 Å². The number of hydrogen-bond donors (Lipinski definition) is 0. The summed E-state index contributed by atoms with van der Waals surface area (Å²) < 4.78 is 32.7. The second-order valence-electron chi connectivity index (χ2n) is 6.59. The molecule has 27 heavy (non-hydrogen) atoms. The second-order valence-corrected chi connectivity index (χ2v) is 7.09. The highest BCUT2D eigenvalue weighted by molar-refractivity contribution is 7.80. The van der Waals surface area contributed by atoms with Crippen LogP contribution in [0.5, 0.6) is 5.75 Å². The Kier molecular flexibility index (Phi) is 4.26. The normalized spacial score (nSPS) is 16.2. The van der Waals surface area contributed by atoms with Crippen LogP contribution >= 0.6 is 12.2 Å². The van der Waals surface area contributed by atoms with Gasteiger partial charge in [-0.25, -0.2) is 4.98 Å². The zero-order valence-electron chi connectivity index (χ0n) is 14.7. The Morgan fingerprint density at radius 3 is 2.81 bits per heavy atom. The molecule has 0 spiro atoms. The Hall–Kier alpha value is -2.67. The summed E-state index contributed by atoms with van der Waals surface area (Å²) in [7, 11) is 0. The van der Waals surface area contributed by atoms with E-state index in [-0.39, 0.29) is 11.5 Å². The number of aryl methyl sites for hydroxylation is 1. The maximum atomic E-state index is 13.0. The van der Waals surface area contributed by atoms with E-state index < -0.39 is 12.7 Å². The van der Waals surface area contributed by atoms with Crippen LogP contribution in [-0.4, -0.2) is 26.8 Å². The van der Waals surface area contributed by atoms with Crippen molar-refractivity contribution in [2.75, 3.05) is 0 Å². The Morgan fingerprint density at radius 1 is 1.33 bits per heavy atom. The molecule has 3 aromatic rings. The van der Waals surface area contributed by atoms with Crippen molar-refractivity contribution in [3.05, 3.63) is 58.9 Å². The summed E-state index contributed by atoms with van der Waals surface area (Å²) in [6.45, 7) is 0.395. The fourth-order valence-electron chi connectivity index (χ4n) is 3.70. The first-order valence-corrected chi connectivity index (χ1v) is 8.88. The number of hydrogen-bond acceptors (Lipinski definition) is 4. The maximum Gasteiger partial charge on any atom is 0.387 e. The van der Waals surface area contributed by atoms with Gasteiger partial charge in [-0.2, -0.15) is 8.78 Å². The van der Waals surface area contributed by atoms with E-state index >= 15 is 0 Å². The van der Waals surface area contributed by atoms with Crippen LogP contribution in [0, 0.1) is 6.92 Å². The summed E-state index contributed by atoms with van der Waals surface area (Å²) in [5.41, 5.74) is 3.46. The van der Waals surface area contributed by atoms with Crippen LogP contribution in [0.3, 0.4) is 0 Å². The van der Waals surface area contributed by atoms with Gasteiger partial charge in [0, 0.05) is 17.5 Å². The lowest BCUT2D eigenvalue weighted by Gasteiger charge is -2.21. The van der Waals surface area contributed by atoms with E-state index in [1.165, 1.54) is 13.0 Å². The summed E-state index contributed by atoms with van der Waals surface area (Å²) in [5, 5.41) is 0. The molecule has 7 heteroatoms. The number of carbonyl (C=O) groups is 1. The van der Waals surface area contributed by atoms with E-state index in [0.717, 1.165) is 16.6 Å². The van der Waals surface area contributed by atoms with Crippen molar-refractivity contribution in [3.63, 3.8) is 0 Å². The molecule has 0 aliphatic carbocycles. The lowest BCUT2D eigenvalue weighted by molar-refractivity contribution is -0.0507. The average molecular weight is 386 g/mol. The molecule has 0 fully saturated rings. The van der Waals surface area contributed by atoms with Gasteiger partial charge in [0.1, 0.15) is 11.6 Å². The van der Waals surface area contributed by atoms with Gasteiger partial charge in [-0.05, 0) is 37.6 Å². The number of rotatable bonds is 4. The van der Waals surface area contributed by atoms with Crippen LogP contribution in [0.1, 0.15) is 46.7 Å². The number of carbonyl (C=O) groups excluding carboxylic acids is 1. The fourth-order valence-corrected chi connectivity index (χ4v) is 4.00. The van der Waals surface area contributed by atoms with Crippen molar-refractivity contribution in [2.45, 2.75) is 32.9 Å². The average Bonchev–Trinajstić information content (AvgIpc) is 3.12. The molecule has 0 saturated carbocycles. The quantitative estimate of drug-likeness (QED) is 0.474. The van der Waals surface area contributed by atoms with Gasteiger partial charge in [0.2, 0.25) is 0 Å². The van der Waals surface area contributed by atoms with Crippen LogP contribution in [0.4, 0.5) is 8.78 Å². The summed E-state index contributed by atoms with van der Waals surface area (Å²) in [6.07, 6.45) is 0.408. The summed E-state index contributed by atoms with van der Waals surface area (Å²) in [5.74, 6) is 0.412. The molecule has 1 aromatic heterocycles. The van der Waals surface area contributed by atoms with Crippen LogP contribution < -0.4 is 4.74 Å². The number of thiocarbonyl (C=S) groups is 1. The molecule has 1 aliphatic heterocycles. The zero-order valence-corrected chi connectivity index (χ0v) is 15.5. The van der Waals surface area contributed by atoms with Gasteiger partial charge in [-0.3, -0.25) is 4.79 Å². The summed E-state index contributed by atoms with van der Waals surface area (Å²) in [6, 6.07) is 10.1. The molecule has 0 N–H and O–H groups in total. The Morgan fingerprint density at radius 2 is 2.11 bits per heavy atom. The van der Waals surface area contributed by atoms with Crippen molar-refractivity contribution in [2.24, 2.45) is 0 Å². The summed E-state index contributed by atoms with van der Waals surface area (Å²) in [4.78, 5) is 17.4. The third kappa shape index (κ3) is 2.92. The molecule has 0 radical (unpaired) electrons. The molecule has 4 rings (SSSR count). The van der Waals surface area contributed by atoms with Gasteiger partial charge >= 0.3 is 6.61 Å². The molecule has 2 aromatic carbocycles. The Labute approximate surface area is 159 Å². The molecular weight excluding hydrogens is 370 g/mol. The number of imidazole rings is 1. The molecule has 138 valence electrons. The predicted molar refractivity (Wildman–Crippen MR) is 102 cm³/mol. The number of halogens is 2. The minimum atomic E-state index is -2.99. The molecule has 0 saturated heterocycles. The second kappa shape index (κ2) is 6.49. The minimum absolute atomic E-state index is 0.00662. The number of ketones is 1. The first-order chi connectivity index (χ1) is 12.9. The van der Waals surface area contributed by atoms with Gasteiger partial charge in [-0.15, -0.1) is 0 Å². The largest absolute Gasteiger partial charge is 0.434 e. The molecule has 1 atom stereocenters. The van der Waals surface area contributed by atoms with Crippen LogP contribution in [0.25, 0.3) is 11.0 Å². The first kappa shape index (κ1) is 17.7. The molecule has 1 aliphatic rings. The van der Waals surface area contributed by atoms with E-state index in [9.17, 15) is 13.6 Å². The number of aromatic nitrogens is 2. The number of ether oxygens (including phenoxy) is 1. The smallest absolute Gasteiger partial charge is 0.387 e. The van der Waals surface area contributed by atoms with E-state index in [2.05, 4.69) is 4.98 Å². The fraction of sp³-hybridized carbons (Fsp3) is 0.250. The van der Waals surface area contributed by atoms with Crippen molar-refractivity contribution < 1.29 is 18.3 Å². The SMILES string of the molecule is CC(=O)c1cccc(OC(F)F)c1C1CC(=S)c2nc3ccc(C)cc3n21. The van der Waals surface area contributed by atoms with Crippen LogP contribution in [-0.2, 0) is 0 Å². The highest BCUT2D eigenvalue weighted by atomic mass is 32.1. The lowest BCUT2D eigenvalue weighted by atomic mass is 9.95. The van der Waals surface area contributed by atoms with Gasteiger partial charge in [-0.1, -0.05) is 30.4 Å². The molecule has 4 nitrogen and oxygen atoms in total. The first-order valence-electron chi connectivity index (χ1n) is 8.47. The number of alkyl halides is 2. The highest BCUT2D eigenvalue weighted by Gasteiger charge is 2.35. The van der Waals surface area contributed by atoms with Crippen molar-refractivity contribution in [3.8, 4) is 5.75 Å². The Balaban J connectivity index is 1.99. The van der Waals surface area contributed by atoms with Crippen molar-refractivity contribution in [1.29, 1.82) is 0 Å². The van der Waals surface area contributed by atoms with Gasteiger partial charge in [0.25, 0.3) is 0 Å². The van der Waals surface area contributed by atoms with E-state index in [0.29, 0.717) is 28.2 Å². The highest BCUT2D eigenvalue weighted by Crippen LogP contribution is 2.42. The Bertz CT molecular complexity index is 1090. The molecule has 0 bridgehead atoms. The standard InChI is InChI=1S/C20H16F2N2O2S/c1-10-6-7-13-14(8-10)24-15(9-17(27)19(24)23-13)18-12(11(2)25)4-3-5-16(18)26-20(21)22/h3-8,15,20H,9H2,1-2H3. The third-order valence-electron chi connectivity index (χ3n) is 4.78. The van der Waals surface area contributed by atoms with E-state index in [1.807, 2.05) is 29.7 Å². The van der Waals surface area contributed by atoms with E-state index in [1.54, 1.807) is 12.1 Å². The molecule has 1 unspecified atom stereocenters. The monoisotopic (exact) mass is 386 g/mol. The summed E-state index contributed by atoms with van der Waals surface area (Å²) >= 11 is 5.51. The number of fused-ring (bicyclic) bond motifs is 3. The number of nitrogens with zero attached hydrogens (tertiary/aromatic N) is 2. The van der Waals surface area contributed by atoms with Crippen LogP contribution in [0.15, 0.2) is 36.4 Å². The lowest BCUT2D eigenvalue weighted by Crippen LogP contribution is -2.14.